The smallest absolute Gasteiger partial charge is 0.339 e. The highest BCUT2D eigenvalue weighted by Crippen LogP contribution is 2.12. The Morgan fingerprint density at radius 3 is 1.46 bits per heavy atom. The number of esters is 2. The number of rotatable bonds is 6. The van der Waals surface area contributed by atoms with Gasteiger partial charge in [-0.3, -0.25) is 0 Å². The molecule has 1 aromatic carbocycles. The number of hydrogen-bond donors (Lipinski definition) is 2. The lowest BCUT2D eigenvalue weighted by Crippen LogP contribution is -2.18. The first kappa shape index (κ1) is 24.1. The van der Waals surface area contributed by atoms with Gasteiger partial charge in [-0.1, -0.05) is 37.4 Å². The summed E-state index contributed by atoms with van der Waals surface area (Å²) in [6, 6.07) is 7.95. The van der Waals surface area contributed by atoms with Crippen LogP contribution >= 0.6 is 0 Å². The molecular weight excluding hydrogens is 340 g/mol. The Morgan fingerprint density at radius 2 is 1.23 bits per heavy atom. The van der Waals surface area contributed by atoms with E-state index >= 15 is 0 Å². The number of benzene rings is 1. The molecule has 0 radical (unpaired) electrons. The number of carbonyl (C=O) groups excluding carboxylic acids is 3. The summed E-state index contributed by atoms with van der Waals surface area (Å²) in [5.74, 6) is -1.16. The molecule has 0 aliphatic heterocycles. The minimum atomic E-state index is -0.833. The Hall–Kier alpha value is -4.11. The maximum atomic E-state index is 11.7. The number of amides is 2. The number of urea groups is 1. The maximum Gasteiger partial charge on any atom is 0.339 e. The highest BCUT2D eigenvalue weighted by Gasteiger charge is 2.18. The Labute approximate surface area is 150 Å². The number of primary amides is 2. The first-order chi connectivity index (χ1) is 12.3. The Morgan fingerprint density at radius 1 is 0.923 bits per heavy atom. The average Bonchev–Trinajstić information content (AvgIpc) is 2.63. The third-order valence-electron chi connectivity index (χ3n) is 2.08. The van der Waals surface area contributed by atoms with Crippen molar-refractivity contribution in [3.63, 3.8) is 0 Å². The first-order valence-corrected chi connectivity index (χ1v) is 6.83. The van der Waals surface area contributed by atoms with Crippen LogP contribution in [-0.4, -0.2) is 31.2 Å². The molecule has 0 unspecified atom stereocenters. The molecule has 9 heteroatoms. The number of nitrogens with two attached hydrogens (primary N) is 2. The summed E-state index contributed by atoms with van der Waals surface area (Å²) in [6.07, 6.45) is 2.91. The minimum Gasteiger partial charge on any atom is -0.458 e. The van der Waals surface area contributed by atoms with Gasteiger partial charge in [0, 0.05) is 0 Å². The molecule has 2 amide bonds. The van der Waals surface area contributed by atoms with Crippen LogP contribution in [-0.2, 0) is 9.47 Å². The Kier molecular flexibility index (Phi) is 14.6. The van der Waals surface area contributed by atoms with Gasteiger partial charge in [-0.25, -0.2) is 14.4 Å². The molecule has 0 saturated heterocycles. The lowest BCUT2D eigenvalue weighted by Gasteiger charge is -2.07. The fraction of sp³-hybridized carbons (Fsp3) is 0.118. The molecule has 0 atom stereocenters. The van der Waals surface area contributed by atoms with E-state index in [0.717, 1.165) is 0 Å². The quantitative estimate of drug-likeness (QED) is 0.572. The van der Waals surface area contributed by atoms with Gasteiger partial charge in [0.15, 0.2) is 12.1 Å². The molecule has 1 aromatic rings. The molecule has 26 heavy (non-hydrogen) atoms. The fourth-order valence-electron chi connectivity index (χ4n) is 1.26. The zero-order valence-corrected chi connectivity index (χ0v) is 13.9. The standard InChI is InChI=1S/C14H14O4.C2N2.CH4N2O/c1-3-9-17-13(15)11-7-5-6-8-12(11)14(16)18-10-4-2;3-1-2-4;2-1(3)4/h3-8H,1-2,9-10H2;;(H4,2,3,4). The van der Waals surface area contributed by atoms with E-state index in [-0.39, 0.29) is 24.3 Å². The predicted octanol–water partition coefficient (Wildman–Crippen LogP) is 1.43. The minimum absolute atomic E-state index is 0.0921. The molecule has 4 N–H and O–H groups in total. The average molecular weight is 358 g/mol. The second kappa shape index (κ2) is 15.8. The summed E-state index contributed by atoms with van der Waals surface area (Å²) in [6.45, 7) is 7.07. The Bertz CT molecular complexity index is 658. The summed E-state index contributed by atoms with van der Waals surface area (Å²) in [4.78, 5) is 32.4. The third kappa shape index (κ3) is 12.4. The molecule has 0 saturated carbocycles. The van der Waals surface area contributed by atoms with Crippen LogP contribution in [0.1, 0.15) is 20.7 Å². The Balaban J connectivity index is 0. The van der Waals surface area contributed by atoms with Gasteiger partial charge < -0.3 is 20.9 Å². The normalized spacial score (nSPS) is 7.77. The summed E-state index contributed by atoms with van der Waals surface area (Å²) in [5.41, 5.74) is 8.85. The van der Waals surface area contributed by atoms with E-state index in [1.54, 1.807) is 12.1 Å². The topological polar surface area (TPSA) is 169 Å². The van der Waals surface area contributed by atoms with Crippen molar-refractivity contribution in [1.82, 2.24) is 0 Å². The van der Waals surface area contributed by atoms with Crippen LogP contribution in [0.2, 0.25) is 0 Å². The molecular formula is C17H18N4O5. The molecule has 0 heterocycles. The van der Waals surface area contributed by atoms with Crippen molar-refractivity contribution < 1.29 is 23.9 Å². The highest BCUT2D eigenvalue weighted by atomic mass is 16.5. The van der Waals surface area contributed by atoms with E-state index in [4.69, 9.17) is 24.8 Å². The zero-order valence-electron chi connectivity index (χ0n) is 13.9. The largest absolute Gasteiger partial charge is 0.458 e. The highest BCUT2D eigenvalue weighted by molar-refractivity contribution is 6.03. The SMILES string of the molecule is C=CCOC(=O)c1ccccc1C(=O)OCC=C.N#CC#N.NC(N)=O. The molecule has 1 rings (SSSR count). The van der Waals surface area contributed by atoms with Crippen LogP contribution < -0.4 is 11.5 Å². The molecule has 0 aromatic heterocycles. The van der Waals surface area contributed by atoms with Gasteiger partial charge in [-0.2, -0.15) is 10.5 Å². The van der Waals surface area contributed by atoms with Crippen molar-refractivity contribution >= 4 is 18.0 Å². The van der Waals surface area contributed by atoms with Crippen LogP contribution in [0.3, 0.4) is 0 Å². The molecule has 0 bridgehead atoms. The van der Waals surface area contributed by atoms with Gasteiger partial charge in [0.1, 0.15) is 13.2 Å². The zero-order chi connectivity index (χ0) is 20.4. The predicted molar refractivity (Wildman–Crippen MR) is 92.4 cm³/mol. The van der Waals surface area contributed by atoms with Gasteiger partial charge in [0.05, 0.1) is 11.1 Å². The van der Waals surface area contributed by atoms with Crippen LogP contribution in [0, 0.1) is 22.7 Å². The second-order valence-corrected chi connectivity index (χ2v) is 3.95. The summed E-state index contributed by atoms with van der Waals surface area (Å²) >= 11 is 0. The molecule has 136 valence electrons. The first-order valence-electron chi connectivity index (χ1n) is 6.83. The van der Waals surface area contributed by atoms with Crippen molar-refractivity contribution in [3.8, 4) is 12.1 Å². The molecule has 0 fully saturated rings. The van der Waals surface area contributed by atoms with Gasteiger partial charge in [0.25, 0.3) is 0 Å². The van der Waals surface area contributed by atoms with Gasteiger partial charge in [-0.15, -0.1) is 0 Å². The fourth-order valence-corrected chi connectivity index (χ4v) is 1.26. The van der Waals surface area contributed by atoms with Crippen molar-refractivity contribution in [2.75, 3.05) is 13.2 Å². The van der Waals surface area contributed by atoms with Crippen LogP contribution in [0.25, 0.3) is 0 Å². The van der Waals surface area contributed by atoms with E-state index < -0.39 is 18.0 Å². The molecule has 9 nitrogen and oxygen atoms in total. The maximum absolute atomic E-state index is 11.7. The third-order valence-corrected chi connectivity index (χ3v) is 2.08. The monoisotopic (exact) mass is 358 g/mol. The molecule has 0 aliphatic carbocycles. The van der Waals surface area contributed by atoms with Crippen LogP contribution in [0.4, 0.5) is 4.79 Å². The van der Waals surface area contributed by atoms with E-state index in [1.807, 2.05) is 0 Å². The summed E-state index contributed by atoms with van der Waals surface area (Å²) in [5, 5.41) is 14.5. The lowest BCUT2D eigenvalue weighted by atomic mass is 10.1. The number of nitrogens with zero attached hydrogens (tertiary/aromatic N) is 2. The van der Waals surface area contributed by atoms with Crippen molar-refractivity contribution in [3.05, 3.63) is 60.7 Å². The number of hydrogen-bond acceptors (Lipinski definition) is 7. The van der Waals surface area contributed by atoms with E-state index in [0.29, 0.717) is 0 Å². The second-order valence-electron chi connectivity index (χ2n) is 3.95. The summed E-state index contributed by atoms with van der Waals surface area (Å²) in [7, 11) is 0. The van der Waals surface area contributed by atoms with Crippen LogP contribution in [0.15, 0.2) is 49.6 Å². The summed E-state index contributed by atoms with van der Waals surface area (Å²) < 4.78 is 9.78. The van der Waals surface area contributed by atoms with Gasteiger partial charge in [0.2, 0.25) is 0 Å². The van der Waals surface area contributed by atoms with Gasteiger partial charge >= 0.3 is 18.0 Å². The number of carbonyl (C=O) groups is 3. The number of nitriles is 2. The van der Waals surface area contributed by atoms with E-state index in [9.17, 15) is 9.59 Å². The lowest BCUT2D eigenvalue weighted by molar-refractivity contribution is 0.0503. The van der Waals surface area contributed by atoms with Crippen molar-refractivity contribution in [2.45, 2.75) is 0 Å². The van der Waals surface area contributed by atoms with Gasteiger partial charge in [-0.05, 0) is 12.1 Å². The van der Waals surface area contributed by atoms with Crippen LogP contribution in [0.5, 0.6) is 0 Å². The van der Waals surface area contributed by atoms with Crippen molar-refractivity contribution in [2.24, 2.45) is 11.5 Å². The molecule has 0 aliphatic rings. The number of ether oxygens (including phenoxy) is 2. The van der Waals surface area contributed by atoms with E-state index in [1.165, 1.54) is 36.4 Å². The van der Waals surface area contributed by atoms with E-state index in [2.05, 4.69) is 24.6 Å². The van der Waals surface area contributed by atoms with Crippen molar-refractivity contribution in [1.29, 1.82) is 10.5 Å². The molecule has 0 spiro atoms.